The van der Waals surface area contributed by atoms with Gasteiger partial charge < -0.3 is 21.1 Å². The zero-order valence-electron chi connectivity index (χ0n) is 23.1. The Morgan fingerprint density at radius 2 is 1.82 bits per heavy atom. The molecule has 2 aromatic rings. The minimum Gasteiger partial charge on any atom is -0.390 e. The zero-order chi connectivity index (χ0) is 27.2. The molecule has 1 amide bonds. The highest BCUT2D eigenvalue weighted by Gasteiger charge is 2.36. The lowest BCUT2D eigenvalue weighted by Crippen LogP contribution is -2.56. The quantitative estimate of drug-likeness (QED) is 0.198. The molecule has 2 aliphatic rings. The molecule has 1 saturated carbocycles. The SMILES string of the molecule is CCNc1cc(C(=O)N[C@@H](Cc2ccccc2)[C@@H](O)CNC2(CC)CCC2)cc(N2CCCCS2(O)O)c1.Cl. The van der Waals surface area contributed by atoms with Crippen molar-refractivity contribution in [3.8, 4) is 0 Å². The Bertz CT molecular complexity index is 1060. The number of aliphatic hydroxyl groups is 1. The highest BCUT2D eigenvalue weighted by Crippen LogP contribution is 2.50. The molecule has 1 heterocycles. The van der Waals surface area contributed by atoms with E-state index < -0.39 is 22.9 Å². The Morgan fingerprint density at radius 1 is 1.08 bits per heavy atom. The van der Waals surface area contributed by atoms with E-state index in [0.717, 1.165) is 43.4 Å². The third kappa shape index (κ3) is 8.02. The van der Waals surface area contributed by atoms with Crippen LogP contribution < -0.4 is 20.3 Å². The third-order valence-corrected chi connectivity index (χ3v) is 9.92. The summed E-state index contributed by atoms with van der Waals surface area (Å²) in [4.78, 5) is 13.6. The molecule has 1 aliphatic heterocycles. The number of nitrogens with one attached hydrogen (secondary N) is 3. The third-order valence-electron chi connectivity index (χ3n) is 7.98. The summed E-state index contributed by atoms with van der Waals surface area (Å²) in [5.41, 5.74) is 2.91. The Morgan fingerprint density at radius 3 is 2.44 bits per heavy atom. The smallest absolute Gasteiger partial charge is 0.251 e. The Hall–Kier alpha value is -2.01. The standard InChI is InChI=1S/C29H44N4O4S.ClH/c1-3-29(13-10-14-29)31-21-27(34)26(17-22-11-6-5-7-12-22)32-28(35)23-18-24(30-4-2)20-25(19-23)33-15-8-9-16-38(33,36)37;/h5-7,11-12,18-20,26-27,30-31,34,36-37H,3-4,8-10,13-17,21H2,1-2H3,(H,32,35);1H/t26-,27-;/m0./s1. The van der Waals surface area contributed by atoms with Crippen LogP contribution in [0.1, 0.15) is 68.3 Å². The lowest BCUT2D eigenvalue weighted by atomic mass is 9.74. The van der Waals surface area contributed by atoms with Gasteiger partial charge in [0.15, 0.2) is 0 Å². The van der Waals surface area contributed by atoms with Crippen molar-refractivity contribution >= 4 is 40.5 Å². The van der Waals surface area contributed by atoms with Gasteiger partial charge in [0.25, 0.3) is 5.91 Å². The van der Waals surface area contributed by atoms with Crippen molar-refractivity contribution in [2.45, 2.75) is 76.5 Å². The van der Waals surface area contributed by atoms with E-state index in [4.69, 9.17) is 0 Å². The van der Waals surface area contributed by atoms with Gasteiger partial charge in [0.2, 0.25) is 0 Å². The summed E-state index contributed by atoms with van der Waals surface area (Å²) in [5.74, 6) is 0.0331. The molecular formula is C29H45ClN4O4S. The number of carbonyl (C=O) groups excluding carboxylic acids is 1. The molecule has 2 atom stereocenters. The van der Waals surface area contributed by atoms with Crippen LogP contribution in [0.2, 0.25) is 0 Å². The largest absolute Gasteiger partial charge is 0.390 e. The fraction of sp³-hybridized carbons (Fsp3) is 0.552. The second-order valence-corrected chi connectivity index (χ2v) is 12.8. The fourth-order valence-corrected chi connectivity index (χ4v) is 7.10. The summed E-state index contributed by atoms with van der Waals surface area (Å²) in [6.45, 7) is 5.75. The van der Waals surface area contributed by atoms with Gasteiger partial charge in [0.1, 0.15) is 0 Å². The monoisotopic (exact) mass is 580 g/mol. The van der Waals surface area contributed by atoms with Gasteiger partial charge in [-0.25, -0.2) is 0 Å². The van der Waals surface area contributed by atoms with E-state index >= 15 is 0 Å². The molecule has 10 heteroatoms. The molecule has 6 N–H and O–H groups in total. The molecule has 4 rings (SSSR count). The molecule has 1 saturated heterocycles. The molecule has 2 fully saturated rings. The first-order valence-corrected chi connectivity index (χ1v) is 15.6. The van der Waals surface area contributed by atoms with Crippen LogP contribution in [0.3, 0.4) is 0 Å². The van der Waals surface area contributed by atoms with E-state index in [9.17, 15) is 19.0 Å². The van der Waals surface area contributed by atoms with Crippen molar-refractivity contribution in [1.29, 1.82) is 0 Å². The Kier molecular flexibility index (Phi) is 11.4. The minimum absolute atomic E-state index is 0. The maximum atomic E-state index is 13.6. The molecule has 0 bridgehead atoms. The van der Waals surface area contributed by atoms with Crippen molar-refractivity contribution in [2.75, 3.05) is 35.0 Å². The van der Waals surface area contributed by atoms with Crippen molar-refractivity contribution in [1.82, 2.24) is 10.6 Å². The Labute approximate surface area is 240 Å². The average molecular weight is 581 g/mol. The summed E-state index contributed by atoms with van der Waals surface area (Å²) < 4.78 is 23.0. The topological polar surface area (TPSA) is 117 Å². The summed E-state index contributed by atoms with van der Waals surface area (Å²) in [5, 5.41) is 21.2. The number of rotatable bonds is 12. The lowest BCUT2D eigenvalue weighted by Gasteiger charge is -2.47. The highest BCUT2D eigenvalue weighted by molar-refractivity contribution is 8.25. The van der Waals surface area contributed by atoms with Gasteiger partial charge >= 0.3 is 0 Å². The average Bonchev–Trinajstić information content (AvgIpc) is 2.88. The van der Waals surface area contributed by atoms with Crippen LogP contribution in [0.25, 0.3) is 0 Å². The van der Waals surface area contributed by atoms with Crippen LogP contribution in [0.15, 0.2) is 48.5 Å². The molecule has 0 radical (unpaired) electrons. The van der Waals surface area contributed by atoms with Gasteiger partial charge in [-0.1, -0.05) is 37.3 Å². The fourth-order valence-electron chi connectivity index (χ4n) is 5.42. The van der Waals surface area contributed by atoms with Gasteiger partial charge in [-0.15, -0.1) is 23.2 Å². The van der Waals surface area contributed by atoms with Crippen molar-refractivity contribution < 1.29 is 19.0 Å². The van der Waals surface area contributed by atoms with Gasteiger partial charge in [-0.3, -0.25) is 18.2 Å². The maximum Gasteiger partial charge on any atom is 0.251 e. The number of benzene rings is 2. The normalized spacial score (nSPS) is 20.1. The van der Waals surface area contributed by atoms with Crippen LogP contribution in [-0.4, -0.2) is 63.2 Å². The number of halogens is 1. The molecule has 0 unspecified atom stereocenters. The predicted octanol–water partition coefficient (Wildman–Crippen LogP) is 5.43. The van der Waals surface area contributed by atoms with Gasteiger partial charge in [0.05, 0.1) is 23.6 Å². The van der Waals surface area contributed by atoms with E-state index in [1.807, 2.05) is 43.3 Å². The van der Waals surface area contributed by atoms with Crippen molar-refractivity contribution in [2.24, 2.45) is 0 Å². The van der Waals surface area contributed by atoms with E-state index in [1.165, 1.54) is 6.42 Å². The maximum absolute atomic E-state index is 13.6. The number of nitrogens with zero attached hydrogens (tertiary/aromatic N) is 1. The molecule has 2 aromatic carbocycles. The van der Waals surface area contributed by atoms with E-state index in [1.54, 1.807) is 16.4 Å². The second-order valence-electron chi connectivity index (χ2n) is 10.6. The number of β-amino-alcohol motifs (C(OH)–C–C–N with tert-alkyl or cyclic N) is 1. The molecule has 0 aromatic heterocycles. The number of amides is 1. The Balaban J connectivity index is 0.00000420. The number of carbonyl (C=O) groups is 1. The molecule has 0 spiro atoms. The van der Waals surface area contributed by atoms with E-state index in [0.29, 0.717) is 43.1 Å². The molecule has 8 nitrogen and oxygen atoms in total. The van der Waals surface area contributed by atoms with Gasteiger partial charge in [-0.2, -0.15) is 0 Å². The first-order valence-electron chi connectivity index (χ1n) is 14.0. The van der Waals surface area contributed by atoms with Crippen molar-refractivity contribution in [3.63, 3.8) is 0 Å². The number of aliphatic hydroxyl groups excluding tert-OH is 1. The summed E-state index contributed by atoms with van der Waals surface area (Å²) >= 11 is 0. The van der Waals surface area contributed by atoms with Crippen LogP contribution in [0.5, 0.6) is 0 Å². The number of hydrogen-bond acceptors (Lipinski definition) is 7. The lowest BCUT2D eigenvalue weighted by molar-refractivity contribution is 0.0754. The first kappa shape index (κ1) is 31.5. The van der Waals surface area contributed by atoms with Crippen LogP contribution >= 0.6 is 23.2 Å². The highest BCUT2D eigenvalue weighted by atomic mass is 35.5. The summed E-state index contributed by atoms with van der Waals surface area (Å²) in [6, 6.07) is 14.8. The number of anilines is 2. The second kappa shape index (κ2) is 14.1. The minimum atomic E-state index is -2.92. The molecule has 1 aliphatic carbocycles. The molecule has 218 valence electrons. The van der Waals surface area contributed by atoms with Crippen molar-refractivity contribution in [3.05, 3.63) is 59.7 Å². The van der Waals surface area contributed by atoms with Crippen LogP contribution in [0.4, 0.5) is 11.4 Å². The summed E-state index contributed by atoms with van der Waals surface area (Å²) in [6.07, 6.45) is 5.81. The predicted molar refractivity (Wildman–Crippen MR) is 164 cm³/mol. The zero-order valence-corrected chi connectivity index (χ0v) is 24.7. The van der Waals surface area contributed by atoms with E-state index in [2.05, 4.69) is 22.9 Å². The van der Waals surface area contributed by atoms with E-state index in [-0.39, 0.29) is 23.9 Å². The molecular weight excluding hydrogens is 536 g/mol. The van der Waals surface area contributed by atoms with Crippen LogP contribution in [-0.2, 0) is 6.42 Å². The first-order chi connectivity index (χ1) is 18.2. The van der Waals surface area contributed by atoms with Gasteiger partial charge in [0, 0.05) is 36.4 Å². The summed E-state index contributed by atoms with van der Waals surface area (Å²) in [7, 11) is -2.92. The number of hydrogen-bond donors (Lipinski definition) is 6. The van der Waals surface area contributed by atoms with Crippen LogP contribution in [0, 0.1) is 0 Å². The molecule has 39 heavy (non-hydrogen) atoms. The van der Waals surface area contributed by atoms with Gasteiger partial charge in [-0.05, 0) is 75.6 Å².